The molecule has 0 aliphatic rings. The predicted octanol–water partition coefficient (Wildman–Crippen LogP) is 2.11. The summed E-state index contributed by atoms with van der Waals surface area (Å²) in [5, 5.41) is 8.50. The van der Waals surface area contributed by atoms with Crippen molar-refractivity contribution in [2.75, 3.05) is 13.7 Å². The summed E-state index contributed by atoms with van der Waals surface area (Å²) in [5.41, 5.74) is 5.19. The van der Waals surface area contributed by atoms with Gasteiger partial charge in [0.2, 0.25) is 0 Å². The number of hydrogen-bond donors (Lipinski definition) is 2. The number of benzene rings is 1. The summed E-state index contributed by atoms with van der Waals surface area (Å²) in [6, 6.07) is 9.59. The SMILES string of the molecule is CC(C)CN=S(=O)=O.CC(N)C(C)O.COc1ccccc1. The smallest absolute Gasteiger partial charge is 0.311 e. The lowest BCUT2D eigenvalue weighted by atomic mass is 10.2. The minimum absolute atomic E-state index is 0.0926. The summed E-state index contributed by atoms with van der Waals surface area (Å²) in [6.07, 6.45) is -0.370. The number of rotatable bonds is 4. The lowest BCUT2D eigenvalue weighted by Gasteiger charge is -2.04. The third kappa shape index (κ3) is 18.6. The molecule has 1 aromatic carbocycles. The van der Waals surface area contributed by atoms with E-state index in [1.165, 1.54) is 0 Å². The molecule has 7 heteroatoms. The van der Waals surface area contributed by atoms with Gasteiger partial charge in [-0.15, -0.1) is 0 Å². The predicted molar refractivity (Wildman–Crippen MR) is 89.4 cm³/mol. The van der Waals surface area contributed by atoms with Gasteiger partial charge in [0.25, 0.3) is 0 Å². The van der Waals surface area contributed by atoms with Crippen molar-refractivity contribution >= 4 is 10.5 Å². The maximum absolute atomic E-state index is 9.74. The minimum Gasteiger partial charge on any atom is -0.497 e. The normalized spacial score (nSPS) is 12.0. The Morgan fingerprint density at radius 3 is 1.82 bits per heavy atom. The van der Waals surface area contributed by atoms with Crippen LogP contribution in [-0.4, -0.2) is 39.3 Å². The number of hydrogen-bond acceptors (Lipinski definition) is 6. The van der Waals surface area contributed by atoms with Gasteiger partial charge in [-0.1, -0.05) is 32.0 Å². The second-order valence-electron chi connectivity index (χ2n) is 5.04. The molecule has 0 amide bonds. The fourth-order valence-corrected chi connectivity index (χ4v) is 1.19. The molecule has 6 nitrogen and oxygen atoms in total. The quantitative estimate of drug-likeness (QED) is 0.879. The highest BCUT2D eigenvalue weighted by molar-refractivity contribution is 7.61. The standard InChI is InChI=1S/C7H8O.C4H9NO2S.C4H11NO/c1-8-7-5-3-2-4-6-7;1-4(2)3-5-8(6)7;1-3(5)4(2)6/h2-6H,1H3;4H,3H2,1-2H3;3-4,6H,5H2,1-2H3. The van der Waals surface area contributed by atoms with E-state index < -0.39 is 10.5 Å². The van der Waals surface area contributed by atoms with Gasteiger partial charge in [-0.05, 0) is 31.9 Å². The van der Waals surface area contributed by atoms with Crippen LogP contribution < -0.4 is 10.5 Å². The second kappa shape index (κ2) is 14.5. The molecule has 0 saturated heterocycles. The van der Waals surface area contributed by atoms with Crippen molar-refractivity contribution in [2.45, 2.75) is 39.8 Å². The first-order chi connectivity index (χ1) is 10.2. The molecular weight excluding hydrogens is 304 g/mol. The first-order valence-electron chi connectivity index (χ1n) is 7.00. The van der Waals surface area contributed by atoms with E-state index in [2.05, 4.69) is 4.36 Å². The Morgan fingerprint density at radius 1 is 1.18 bits per heavy atom. The van der Waals surface area contributed by atoms with Crippen molar-refractivity contribution in [3.05, 3.63) is 30.3 Å². The zero-order valence-corrected chi connectivity index (χ0v) is 14.7. The van der Waals surface area contributed by atoms with Crippen molar-refractivity contribution < 1.29 is 18.3 Å². The summed E-state index contributed by atoms with van der Waals surface area (Å²) in [6.45, 7) is 7.66. The Morgan fingerprint density at radius 2 is 1.64 bits per heavy atom. The molecule has 0 aromatic heterocycles. The van der Waals surface area contributed by atoms with E-state index in [1.807, 2.05) is 44.2 Å². The number of nitrogens with zero attached hydrogens (tertiary/aromatic N) is 1. The molecule has 1 rings (SSSR count). The van der Waals surface area contributed by atoms with Gasteiger partial charge in [0.15, 0.2) is 0 Å². The van der Waals surface area contributed by atoms with Gasteiger partial charge in [-0.3, -0.25) is 0 Å². The molecule has 3 N–H and O–H groups in total. The van der Waals surface area contributed by atoms with Gasteiger partial charge < -0.3 is 15.6 Å². The second-order valence-corrected chi connectivity index (χ2v) is 5.73. The number of methoxy groups -OCH3 is 1. The van der Waals surface area contributed by atoms with Crippen LogP contribution in [-0.2, 0) is 10.5 Å². The van der Waals surface area contributed by atoms with Crippen molar-refractivity contribution in [2.24, 2.45) is 16.0 Å². The molecule has 0 aliphatic carbocycles. The van der Waals surface area contributed by atoms with Crippen LogP contribution in [0.3, 0.4) is 0 Å². The van der Waals surface area contributed by atoms with Gasteiger partial charge in [0.1, 0.15) is 5.75 Å². The fourth-order valence-electron chi connectivity index (χ4n) is 0.767. The first-order valence-corrected chi connectivity index (χ1v) is 8.03. The molecule has 0 heterocycles. The zero-order valence-electron chi connectivity index (χ0n) is 13.9. The molecule has 128 valence electrons. The summed E-state index contributed by atoms with van der Waals surface area (Å²) in [4.78, 5) is 0. The van der Waals surface area contributed by atoms with Crippen LogP contribution in [0.2, 0.25) is 0 Å². The average molecular weight is 332 g/mol. The van der Waals surface area contributed by atoms with E-state index in [-0.39, 0.29) is 12.1 Å². The van der Waals surface area contributed by atoms with E-state index in [1.54, 1.807) is 21.0 Å². The van der Waals surface area contributed by atoms with Crippen molar-refractivity contribution in [3.8, 4) is 5.75 Å². The van der Waals surface area contributed by atoms with Gasteiger partial charge in [-0.2, -0.15) is 12.8 Å². The Kier molecular flexibility index (Phi) is 15.0. The van der Waals surface area contributed by atoms with Crippen LogP contribution in [0, 0.1) is 5.92 Å². The van der Waals surface area contributed by atoms with E-state index in [0.717, 1.165) is 5.75 Å². The average Bonchev–Trinajstić information content (AvgIpc) is 2.47. The number of ether oxygens (including phenoxy) is 1. The highest BCUT2D eigenvalue weighted by Gasteiger charge is 1.97. The van der Waals surface area contributed by atoms with Crippen LogP contribution in [0.5, 0.6) is 5.75 Å². The van der Waals surface area contributed by atoms with Crippen molar-refractivity contribution in [1.29, 1.82) is 0 Å². The Balaban J connectivity index is 0. The third-order valence-electron chi connectivity index (χ3n) is 2.28. The molecule has 0 fully saturated rings. The maximum Gasteiger partial charge on any atom is 0.311 e. The van der Waals surface area contributed by atoms with E-state index in [4.69, 9.17) is 15.6 Å². The highest BCUT2D eigenvalue weighted by Crippen LogP contribution is 2.05. The van der Waals surface area contributed by atoms with Crippen LogP contribution >= 0.6 is 0 Å². The van der Waals surface area contributed by atoms with Gasteiger partial charge in [0, 0.05) is 6.04 Å². The Bertz CT molecular complexity index is 472. The molecule has 2 atom stereocenters. The molecular formula is C15H28N2O4S. The molecule has 0 bridgehead atoms. The van der Waals surface area contributed by atoms with Crippen LogP contribution in [0.25, 0.3) is 0 Å². The van der Waals surface area contributed by atoms with Crippen LogP contribution in [0.15, 0.2) is 34.7 Å². The number of aliphatic hydroxyl groups is 1. The monoisotopic (exact) mass is 332 g/mol. The maximum atomic E-state index is 9.74. The first kappa shape index (κ1) is 22.8. The third-order valence-corrected chi connectivity index (χ3v) is 2.64. The molecule has 0 spiro atoms. The Labute approximate surface area is 135 Å². The Hall–Kier alpha value is -1.44. The van der Waals surface area contributed by atoms with Gasteiger partial charge >= 0.3 is 10.5 Å². The summed E-state index contributed by atoms with van der Waals surface area (Å²) >= 11 is 0. The molecule has 1 aromatic rings. The zero-order chi connectivity index (χ0) is 17.5. The van der Waals surface area contributed by atoms with E-state index in [9.17, 15) is 8.42 Å². The largest absolute Gasteiger partial charge is 0.497 e. The molecule has 0 aliphatic heterocycles. The van der Waals surface area contributed by atoms with Crippen molar-refractivity contribution in [1.82, 2.24) is 0 Å². The van der Waals surface area contributed by atoms with E-state index >= 15 is 0 Å². The number of para-hydroxylation sites is 1. The molecule has 0 saturated carbocycles. The number of nitrogens with two attached hydrogens (primary N) is 1. The van der Waals surface area contributed by atoms with Crippen LogP contribution in [0.1, 0.15) is 27.7 Å². The van der Waals surface area contributed by atoms with Gasteiger partial charge in [0.05, 0.1) is 19.8 Å². The summed E-state index contributed by atoms with van der Waals surface area (Å²) in [7, 11) is -0.549. The number of aliphatic hydroxyl groups excluding tert-OH is 1. The fraction of sp³-hybridized carbons (Fsp3) is 0.600. The lowest BCUT2D eigenvalue weighted by Crippen LogP contribution is -2.28. The minimum atomic E-state index is -2.21. The lowest BCUT2D eigenvalue weighted by molar-refractivity contribution is 0.170. The highest BCUT2D eigenvalue weighted by atomic mass is 32.2. The summed E-state index contributed by atoms with van der Waals surface area (Å²) in [5.74, 6) is 1.24. The molecule has 2 unspecified atom stereocenters. The topological polar surface area (TPSA) is 102 Å². The molecule has 22 heavy (non-hydrogen) atoms. The van der Waals surface area contributed by atoms with Crippen molar-refractivity contribution in [3.63, 3.8) is 0 Å². The molecule has 0 radical (unpaired) electrons. The van der Waals surface area contributed by atoms with Crippen LogP contribution in [0.4, 0.5) is 0 Å². The van der Waals surface area contributed by atoms with Gasteiger partial charge in [-0.25, -0.2) is 0 Å². The summed E-state index contributed by atoms with van der Waals surface area (Å²) < 4.78 is 27.6. The van der Waals surface area contributed by atoms with E-state index in [0.29, 0.717) is 12.5 Å².